The third-order valence-electron chi connectivity index (χ3n) is 3.14. The summed E-state index contributed by atoms with van der Waals surface area (Å²) in [6.07, 6.45) is 3.09. The highest BCUT2D eigenvalue weighted by Gasteiger charge is 2.13. The van der Waals surface area contributed by atoms with Crippen molar-refractivity contribution in [2.24, 2.45) is 0 Å². The Hall–Kier alpha value is -3.22. The summed E-state index contributed by atoms with van der Waals surface area (Å²) >= 11 is 0. The van der Waals surface area contributed by atoms with E-state index >= 15 is 0 Å². The first-order valence-electron chi connectivity index (χ1n) is 6.92. The molecule has 1 amide bonds. The van der Waals surface area contributed by atoms with Crippen molar-refractivity contribution in [2.75, 3.05) is 7.11 Å². The molecule has 3 aromatic rings. The van der Waals surface area contributed by atoms with Gasteiger partial charge in [0.05, 0.1) is 24.8 Å². The molecule has 7 heteroatoms. The summed E-state index contributed by atoms with van der Waals surface area (Å²) in [5.41, 5.74) is 1.19. The smallest absolute Gasteiger partial charge is 0.253 e. The van der Waals surface area contributed by atoms with Crippen LogP contribution in [0.25, 0.3) is 11.4 Å². The van der Waals surface area contributed by atoms with Gasteiger partial charge in [0.1, 0.15) is 5.75 Å². The second-order valence-electron chi connectivity index (χ2n) is 4.64. The summed E-state index contributed by atoms with van der Waals surface area (Å²) in [6.45, 7) is 0.135. The van der Waals surface area contributed by atoms with Gasteiger partial charge in [0.2, 0.25) is 11.7 Å². The Morgan fingerprint density at radius 1 is 1.26 bits per heavy atom. The molecular formula is C16H14N4O3. The highest BCUT2D eigenvalue weighted by molar-refractivity contribution is 5.93. The second kappa shape index (κ2) is 6.69. The zero-order chi connectivity index (χ0) is 16.1. The van der Waals surface area contributed by atoms with Crippen molar-refractivity contribution in [1.82, 2.24) is 20.4 Å². The molecule has 0 aliphatic heterocycles. The first kappa shape index (κ1) is 14.7. The molecule has 0 radical (unpaired) electrons. The van der Waals surface area contributed by atoms with Gasteiger partial charge < -0.3 is 14.6 Å². The minimum Gasteiger partial charge on any atom is -0.496 e. The second-order valence-corrected chi connectivity index (χ2v) is 4.64. The van der Waals surface area contributed by atoms with Crippen LogP contribution in [0.1, 0.15) is 16.2 Å². The Balaban J connectivity index is 1.69. The number of carbonyl (C=O) groups is 1. The molecule has 0 unspecified atom stereocenters. The van der Waals surface area contributed by atoms with Crippen LogP contribution in [0.4, 0.5) is 0 Å². The summed E-state index contributed by atoms with van der Waals surface area (Å²) in [4.78, 5) is 20.1. The Kier molecular flexibility index (Phi) is 4.28. The largest absolute Gasteiger partial charge is 0.496 e. The van der Waals surface area contributed by atoms with Crippen molar-refractivity contribution in [3.8, 4) is 17.1 Å². The van der Waals surface area contributed by atoms with Gasteiger partial charge in [-0.05, 0) is 24.3 Å². The lowest BCUT2D eigenvalue weighted by Gasteiger charge is -2.03. The fraction of sp³-hybridized carbons (Fsp3) is 0.125. The molecule has 0 saturated heterocycles. The minimum absolute atomic E-state index is 0.135. The minimum atomic E-state index is -0.254. The molecule has 0 bridgehead atoms. The highest BCUT2D eigenvalue weighted by Crippen LogP contribution is 2.26. The van der Waals surface area contributed by atoms with E-state index in [1.165, 1.54) is 6.20 Å². The molecule has 3 rings (SSSR count). The van der Waals surface area contributed by atoms with E-state index in [0.717, 1.165) is 5.56 Å². The number of nitrogens with one attached hydrogen (secondary N) is 1. The fourth-order valence-corrected chi connectivity index (χ4v) is 2.02. The van der Waals surface area contributed by atoms with Crippen LogP contribution >= 0.6 is 0 Å². The lowest BCUT2D eigenvalue weighted by molar-refractivity contribution is 0.0946. The molecule has 0 spiro atoms. The van der Waals surface area contributed by atoms with Crippen molar-refractivity contribution >= 4 is 5.91 Å². The van der Waals surface area contributed by atoms with Crippen molar-refractivity contribution in [1.29, 1.82) is 0 Å². The maximum absolute atomic E-state index is 11.9. The first-order valence-corrected chi connectivity index (χ1v) is 6.92. The first-order chi connectivity index (χ1) is 11.3. The van der Waals surface area contributed by atoms with Gasteiger partial charge in [0.25, 0.3) is 5.91 Å². The predicted molar refractivity (Wildman–Crippen MR) is 81.7 cm³/mol. The number of carbonyl (C=O) groups excluding carboxylic acids is 1. The van der Waals surface area contributed by atoms with Crippen LogP contribution in [0, 0.1) is 0 Å². The van der Waals surface area contributed by atoms with Crippen LogP contribution in [0.2, 0.25) is 0 Å². The van der Waals surface area contributed by atoms with Crippen molar-refractivity contribution in [3.63, 3.8) is 0 Å². The van der Waals surface area contributed by atoms with Crippen LogP contribution in [0.5, 0.6) is 5.75 Å². The van der Waals surface area contributed by atoms with E-state index in [1.807, 2.05) is 24.3 Å². The third kappa shape index (κ3) is 3.34. The van der Waals surface area contributed by atoms with E-state index in [2.05, 4.69) is 20.4 Å². The van der Waals surface area contributed by atoms with E-state index in [1.54, 1.807) is 25.4 Å². The molecule has 0 aliphatic rings. The van der Waals surface area contributed by atoms with Crippen molar-refractivity contribution in [3.05, 3.63) is 60.2 Å². The maximum atomic E-state index is 11.9. The van der Waals surface area contributed by atoms with Crippen LogP contribution in [0.3, 0.4) is 0 Å². The van der Waals surface area contributed by atoms with Crippen LogP contribution < -0.4 is 10.1 Å². The molecule has 7 nitrogen and oxygen atoms in total. The molecule has 0 saturated carbocycles. The normalized spacial score (nSPS) is 10.3. The molecule has 2 heterocycles. The average molecular weight is 310 g/mol. The predicted octanol–water partition coefficient (Wildman–Crippen LogP) is 2.07. The van der Waals surface area contributed by atoms with Gasteiger partial charge in [0, 0.05) is 12.4 Å². The van der Waals surface area contributed by atoms with Gasteiger partial charge in [-0.2, -0.15) is 4.98 Å². The summed E-state index contributed by atoms with van der Waals surface area (Å²) in [5.74, 6) is 1.12. The quantitative estimate of drug-likeness (QED) is 0.776. The number of aromatic nitrogens is 3. The Morgan fingerprint density at radius 3 is 2.91 bits per heavy atom. The van der Waals surface area contributed by atoms with Crippen LogP contribution in [-0.2, 0) is 6.54 Å². The number of benzene rings is 1. The van der Waals surface area contributed by atoms with Gasteiger partial charge in [-0.3, -0.25) is 9.78 Å². The molecule has 2 aromatic heterocycles. The number of hydrogen-bond acceptors (Lipinski definition) is 6. The number of ether oxygens (including phenoxy) is 1. The number of rotatable bonds is 5. The van der Waals surface area contributed by atoms with Gasteiger partial charge in [-0.15, -0.1) is 0 Å². The highest BCUT2D eigenvalue weighted by atomic mass is 16.5. The molecule has 0 aliphatic carbocycles. The van der Waals surface area contributed by atoms with Gasteiger partial charge in [-0.25, -0.2) is 0 Å². The number of pyridine rings is 1. The van der Waals surface area contributed by atoms with E-state index in [0.29, 0.717) is 23.0 Å². The van der Waals surface area contributed by atoms with E-state index in [-0.39, 0.29) is 12.5 Å². The lowest BCUT2D eigenvalue weighted by Crippen LogP contribution is -2.23. The van der Waals surface area contributed by atoms with Crippen LogP contribution in [0.15, 0.2) is 53.3 Å². The molecule has 1 N–H and O–H groups in total. The van der Waals surface area contributed by atoms with Crippen molar-refractivity contribution < 1.29 is 14.1 Å². The Morgan fingerprint density at radius 2 is 2.13 bits per heavy atom. The molecule has 116 valence electrons. The Bertz CT molecular complexity index is 802. The molecule has 23 heavy (non-hydrogen) atoms. The molecule has 0 atom stereocenters. The number of hydrogen-bond donors (Lipinski definition) is 1. The fourth-order valence-electron chi connectivity index (χ4n) is 2.02. The van der Waals surface area contributed by atoms with Crippen LogP contribution in [-0.4, -0.2) is 28.1 Å². The number of methoxy groups -OCH3 is 1. The van der Waals surface area contributed by atoms with Gasteiger partial charge >= 0.3 is 0 Å². The summed E-state index contributed by atoms with van der Waals surface area (Å²) in [7, 11) is 1.58. The zero-order valence-corrected chi connectivity index (χ0v) is 12.4. The lowest BCUT2D eigenvalue weighted by atomic mass is 10.2. The SMILES string of the molecule is COc1ccccc1-c1noc(CNC(=O)c2cccnc2)n1. The monoisotopic (exact) mass is 310 g/mol. The van der Waals surface area contributed by atoms with Gasteiger partial charge in [-0.1, -0.05) is 17.3 Å². The maximum Gasteiger partial charge on any atom is 0.253 e. The summed E-state index contributed by atoms with van der Waals surface area (Å²) in [5, 5.41) is 6.62. The third-order valence-corrected chi connectivity index (χ3v) is 3.14. The zero-order valence-electron chi connectivity index (χ0n) is 12.4. The van der Waals surface area contributed by atoms with E-state index < -0.39 is 0 Å². The molecular weight excluding hydrogens is 296 g/mol. The topological polar surface area (TPSA) is 90.1 Å². The van der Waals surface area contributed by atoms with E-state index in [9.17, 15) is 4.79 Å². The summed E-state index contributed by atoms with van der Waals surface area (Å²) < 4.78 is 10.4. The number of para-hydroxylation sites is 1. The average Bonchev–Trinajstić information content (AvgIpc) is 3.09. The Labute approximate surface area is 132 Å². The number of amides is 1. The molecule has 0 fully saturated rings. The van der Waals surface area contributed by atoms with Crippen molar-refractivity contribution in [2.45, 2.75) is 6.54 Å². The number of nitrogens with zero attached hydrogens (tertiary/aromatic N) is 3. The van der Waals surface area contributed by atoms with E-state index in [4.69, 9.17) is 9.26 Å². The standard InChI is InChI=1S/C16H14N4O3/c1-22-13-7-3-2-6-12(13)15-19-14(23-20-15)10-18-16(21)11-5-4-8-17-9-11/h2-9H,10H2,1H3,(H,18,21). The van der Waals surface area contributed by atoms with Gasteiger partial charge in [0.15, 0.2) is 0 Å². The molecule has 1 aromatic carbocycles. The summed E-state index contributed by atoms with van der Waals surface area (Å²) in [6, 6.07) is 10.7.